The van der Waals surface area contributed by atoms with E-state index >= 15 is 0 Å². The van der Waals surface area contributed by atoms with Crippen LogP contribution in [0.25, 0.3) is 0 Å². The first-order chi connectivity index (χ1) is 7.50. The average molecular weight is 257 g/mol. The van der Waals surface area contributed by atoms with Crippen molar-refractivity contribution in [2.75, 3.05) is 0 Å². The summed E-state index contributed by atoms with van der Waals surface area (Å²) in [5.41, 5.74) is 0.192. The zero-order valence-electron chi connectivity index (χ0n) is 9.62. The maximum Gasteiger partial charge on any atom is 0.273 e. The van der Waals surface area contributed by atoms with Gasteiger partial charge in [0.15, 0.2) is 10.8 Å². The molecule has 1 heterocycles. The standard InChI is InChI=1S/C10H15ClN3OSi/c1-7(6-16(2)3)14-10(15)8-9(11)13-5-4-12-8/h4-5,7H,6H2,1-3H3,(H,14,15)/t7-/m0/s1. The molecule has 0 aromatic carbocycles. The highest BCUT2D eigenvalue weighted by Crippen LogP contribution is 2.09. The number of halogens is 1. The molecule has 16 heavy (non-hydrogen) atoms. The number of aromatic nitrogens is 2. The number of nitrogens with one attached hydrogen (secondary N) is 1. The van der Waals surface area contributed by atoms with Gasteiger partial charge in [-0.3, -0.25) is 4.79 Å². The summed E-state index contributed by atoms with van der Waals surface area (Å²) in [6.07, 6.45) is 2.92. The van der Waals surface area contributed by atoms with Crippen LogP contribution in [-0.2, 0) is 0 Å². The molecule has 0 unspecified atom stereocenters. The van der Waals surface area contributed by atoms with Crippen molar-refractivity contribution < 1.29 is 4.79 Å². The number of rotatable bonds is 4. The highest BCUT2D eigenvalue weighted by Gasteiger charge is 2.15. The molecule has 4 nitrogen and oxygen atoms in total. The van der Waals surface area contributed by atoms with E-state index in [1.807, 2.05) is 6.92 Å². The number of amides is 1. The van der Waals surface area contributed by atoms with E-state index in [9.17, 15) is 4.79 Å². The van der Waals surface area contributed by atoms with Gasteiger partial charge in [-0.25, -0.2) is 9.97 Å². The van der Waals surface area contributed by atoms with Gasteiger partial charge in [-0.05, 0) is 13.0 Å². The minimum atomic E-state index is -0.354. The number of hydrogen-bond acceptors (Lipinski definition) is 3. The first-order valence-electron chi connectivity index (χ1n) is 5.07. The molecule has 0 spiro atoms. The van der Waals surface area contributed by atoms with E-state index in [0.717, 1.165) is 6.04 Å². The molecular formula is C10H15ClN3OSi. The molecule has 6 heteroatoms. The second-order valence-corrected chi connectivity index (χ2v) is 7.16. The second kappa shape index (κ2) is 5.96. The van der Waals surface area contributed by atoms with Gasteiger partial charge in [0.05, 0.1) is 0 Å². The van der Waals surface area contributed by atoms with Gasteiger partial charge < -0.3 is 5.32 Å². The summed E-state index contributed by atoms with van der Waals surface area (Å²) in [5.74, 6) is -0.256. The molecule has 0 saturated heterocycles. The van der Waals surface area contributed by atoms with Crippen molar-refractivity contribution in [3.63, 3.8) is 0 Å². The van der Waals surface area contributed by atoms with Crippen LogP contribution in [0.2, 0.25) is 24.3 Å². The van der Waals surface area contributed by atoms with Gasteiger partial charge in [0, 0.05) is 27.2 Å². The van der Waals surface area contributed by atoms with Crippen LogP contribution < -0.4 is 5.32 Å². The van der Waals surface area contributed by atoms with Crippen LogP contribution >= 0.6 is 11.6 Å². The lowest BCUT2D eigenvalue weighted by Crippen LogP contribution is -2.35. The van der Waals surface area contributed by atoms with Crippen molar-refractivity contribution >= 4 is 26.3 Å². The Morgan fingerprint density at radius 1 is 1.50 bits per heavy atom. The Morgan fingerprint density at radius 3 is 2.69 bits per heavy atom. The predicted octanol–water partition coefficient (Wildman–Crippen LogP) is 2.00. The minimum absolute atomic E-state index is 0.144. The third-order valence-corrected chi connectivity index (χ3v) is 3.67. The van der Waals surface area contributed by atoms with Crippen molar-refractivity contribution in [2.24, 2.45) is 0 Å². The van der Waals surface area contributed by atoms with Crippen LogP contribution in [0.15, 0.2) is 12.4 Å². The first-order valence-corrected chi connectivity index (χ1v) is 8.15. The number of carbonyl (C=O) groups is 1. The number of nitrogens with zero attached hydrogens (tertiary/aromatic N) is 2. The lowest BCUT2D eigenvalue weighted by atomic mass is 10.3. The molecule has 1 N–H and O–H groups in total. The summed E-state index contributed by atoms with van der Waals surface area (Å²) in [6.45, 7) is 6.41. The summed E-state index contributed by atoms with van der Waals surface area (Å²) < 4.78 is 0. The fourth-order valence-corrected chi connectivity index (χ4v) is 2.95. The topological polar surface area (TPSA) is 54.9 Å². The van der Waals surface area contributed by atoms with E-state index in [2.05, 4.69) is 28.4 Å². The predicted molar refractivity (Wildman–Crippen MR) is 66.3 cm³/mol. The van der Waals surface area contributed by atoms with Crippen LogP contribution in [0.5, 0.6) is 0 Å². The molecule has 1 atom stereocenters. The third-order valence-electron chi connectivity index (χ3n) is 1.96. The van der Waals surface area contributed by atoms with Crippen LogP contribution in [0, 0.1) is 0 Å². The molecule has 0 saturated carbocycles. The normalized spacial score (nSPS) is 12.6. The Bertz CT molecular complexity index is 373. The number of hydrogen-bond donors (Lipinski definition) is 1. The maximum absolute atomic E-state index is 11.8. The van der Waals surface area contributed by atoms with E-state index in [-0.39, 0.29) is 31.6 Å². The average Bonchev–Trinajstić information content (AvgIpc) is 2.16. The van der Waals surface area contributed by atoms with Crippen LogP contribution in [0.1, 0.15) is 17.4 Å². The van der Waals surface area contributed by atoms with Crippen molar-refractivity contribution in [1.29, 1.82) is 0 Å². The highest BCUT2D eigenvalue weighted by atomic mass is 35.5. The molecule has 0 bridgehead atoms. The lowest BCUT2D eigenvalue weighted by molar-refractivity contribution is 0.0937. The van der Waals surface area contributed by atoms with Gasteiger partial charge in [0.25, 0.3) is 5.91 Å². The zero-order chi connectivity index (χ0) is 12.1. The second-order valence-electron chi connectivity index (χ2n) is 3.98. The monoisotopic (exact) mass is 256 g/mol. The molecule has 1 aromatic rings. The van der Waals surface area contributed by atoms with Crippen LogP contribution in [-0.4, -0.2) is 30.7 Å². The van der Waals surface area contributed by atoms with E-state index in [4.69, 9.17) is 11.6 Å². The Balaban J connectivity index is 2.63. The molecule has 0 aliphatic carbocycles. The smallest absolute Gasteiger partial charge is 0.273 e. The summed E-state index contributed by atoms with van der Waals surface area (Å²) in [4.78, 5) is 19.5. The van der Waals surface area contributed by atoms with Gasteiger partial charge >= 0.3 is 0 Å². The summed E-state index contributed by atoms with van der Waals surface area (Å²) in [7, 11) is -0.354. The van der Waals surface area contributed by atoms with Crippen LogP contribution in [0.4, 0.5) is 0 Å². The van der Waals surface area contributed by atoms with Gasteiger partial charge in [0.2, 0.25) is 0 Å². The Morgan fingerprint density at radius 2 is 2.12 bits per heavy atom. The molecule has 0 fully saturated rings. The van der Waals surface area contributed by atoms with E-state index in [0.29, 0.717) is 0 Å². The molecule has 1 radical (unpaired) electrons. The number of carbonyl (C=O) groups excluding carboxylic acids is 1. The molecule has 1 rings (SSSR count). The molecular weight excluding hydrogens is 242 g/mol. The van der Waals surface area contributed by atoms with Crippen LogP contribution in [0.3, 0.4) is 0 Å². The maximum atomic E-state index is 11.8. The highest BCUT2D eigenvalue weighted by molar-refractivity contribution is 6.55. The molecule has 0 aliphatic rings. The lowest BCUT2D eigenvalue weighted by Gasteiger charge is -2.14. The fourth-order valence-electron chi connectivity index (χ4n) is 1.43. The molecule has 87 valence electrons. The molecule has 0 aliphatic heterocycles. The van der Waals surface area contributed by atoms with Crippen molar-refractivity contribution in [3.05, 3.63) is 23.2 Å². The summed E-state index contributed by atoms with van der Waals surface area (Å²) in [6, 6.07) is 1.17. The largest absolute Gasteiger partial charge is 0.348 e. The van der Waals surface area contributed by atoms with Gasteiger partial charge in [-0.1, -0.05) is 24.7 Å². The Hall–Kier alpha value is -0.943. The summed E-state index contributed by atoms with van der Waals surface area (Å²) in [5, 5.41) is 3.01. The summed E-state index contributed by atoms with van der Waals surface area (Å²) >= 11 is 5.78. The quantitative estimate of drug-likeness (QED) is 0.839. The third kappa shape index (κ3) is 3.90. The van der Waals surface area contributed by atoms with Gasteiger partial charge in [-0.15, -0.1) is 0 Å². The van der Waals surface area contributed by atoms with Gasteiger partial charge in [-0.2, -0.15) is 0 Å². The molecule has 1 amide bonds. The Kier molecular flexibility index (Phi) is 4.89. The SMILES string of the molecule is C[C@@H](C[Si](C)C)NC(=O)c1nccnc1Cl. The van der Waals surface area contributed by atoms with E-state index < -0.39 is 0 Å². The first kappa shape index (κ1) is 13.1. The Labute approximate surface area is 102 Å². The van der Waals surface area contributed by atoms with Crippen molar-refractivity contribution in [1.82, 2.24) is 15.3 Å². The minimum Gasteiger partial charge on any atom is -0.348 e. The van der Waals surface area contributed by atoms with Gasteiger partial charge in [0.1, 0.15) is 0 Å². The van der Waals surface area contributed by atoms with E-state index in [1.54, 1.807) is 0 Å². The van der Waals surface area contributed by atoms with Crippen molar-refractivity contribution in [3.8, 4) is 0 Å². The zero-order valence-corrected chi connectivity index (χ0v) is 11.4. The van der Waals surface area contributed by atoms with E-state index in [1.165, 1.54) is 12.4 Å². The fraction of sp³-hybridized carbons (Fsp3) is 0.500. The molecule has 1 aromatic heterocycles. The van der Waals surface area contributed by atoms with Crippen molar-refractivity contribution in [2.45, 2.75) is 32.1 Å².